The Kier molecular flexibility index (Phi) is 5.29. The molecule has 3 nitrogen and oxygen atoms in total. The molecule has 4 heteroatoms. The molecule has 88 valence electrons. The van der Waals surface area contributed by atoms with Gasteiger partial charge in [-0.15, -0.1) is 12.4 Å². The number of nitrogens with zero attached hydrogens (tertiary/aromatic N) is 1. The van der Waals surface area contributed by atoms with Crippen LogP contribution in [0.2, 0.25) is 0 Å². The van der Waals surface area contributed by atoms with Crippen LogP contribution in [0.25, 0.3) is 0 Å². The van der Waals surface area contributed by atoms with E-state index in [9.17, 15) is 0 Å². The molecule has 0 fully saturated rings. The minimum absolute atomic E-state index is 0. The monoisotopic (exact) mass is 239 g/mol. The summed E-state index contributed by atoms with van der Waals surface area (Å²) in [4.78, 5) is 4.47. The van der Waals surface area contributed by atoms with Crippen LogP contribution in [0, 0.1) is 5.92 Å². The average molecular weight is 240 g/mol. The fourth-order valence-electron chi connectivity index (χ4n) is 1.77. The zero-order valence-corrected chi connectivity index (χ0v) is 10.3. The Labute approximate surface area is 103 Å². The molecule has 0 saturated carbocycles. The molecule has 2 N–H and O–H groups in total. The fourth-order valence-corrected chi connectivity index (χ4v) is 1.77. The Balaban J connectivity index is 0.00000128. The first-order valence-electron chi connectivity index (χ1n) is 5.43. The Morgan fingerprint density at radius 3 is 2.69 bits per heavy atom. The van der Waals surface area contributed by atoms with E-state index in [2.05, 4.69) is 47.0 Å². The predicted octanol–water partition coefficient (Wildman–Crippen LogP) is 1.79. The van der Waals surface area contributed by atoms with Crippen LogP contribution >= 0.6 is 12.4 Å². The van der Waals surface area contributed by atoms with Crippen LogP contribution in [0.1, 0.15) is 12.5 Å². The van der Waals surface area contributed by atoms with Gasteiger partial charge in [-0.25, -0.2) is 5.43 Å². The lowest BCUT2D eigenvalue weighted by atomic mass is 10.00. The molecule has 0 bridgehead atoms. The Bertz CT molecular complexity index is 337. The van der Waals surface area contributed by atoms with E-state index < -0.39 is 0 Å². The number of hydrogen-bond donors (Lipinski definition) is 2. The van der Waals surface area contributed by atoms with Gasteiger partial charge in [0.15, 0.2) is 0 Å². The normalized spacial score (nSPS) is 16.7. The van der Waals surface area contributed by atoms with Crippen LogP contribution < -0.4 is 10.9 Å². The lowest BCUT2D eigenvalue weighted by Gasteiger charge is -2.21. The molecular weight excluding hydrogens is 222 g/mol. The summed E-state index contributed by atoms with van der Waals surface area (Å²) < 4.78 is 0. The van der Waals surface area contributed by atoms with E-state index >= 15 is 0 Å². The van der Waals surface area contributed by atoms with Gasteiger partial charge in [0.2, 0.25) is 0 Å². The maximum absolute atomic E-state index is 4.47. The zero-order valence-electron chi connectivity index (χ0n) is 9.44. The van der Waals surface area contributed by atoms with Crippen LogP contribution in [0.15, 0.2) is 35.3 Å². The molecule has 16 heavy (non-hydrogen) atoms. The molecule has 1 aromatic rings. The van der Waals surface area contributed by atoms with Crippen molar-refractivity contribution in [2.24, 2.45) is 10.9 Å². The summed E-state index contributed by atoms with van der Waals surface area (Å²) in [7, 11) is 0. The number of aliphatic imine (C=N–C) groups is 1. The highest BCUT2D eigenvalue weighted by Crippen LogP contribution is 2.09. The standard InChI is InChI=1S/C12H17N3.ClH/c1-10(12-13-7-8-14-15-12)9-11-5-3-2-4-6-11;/h2-6,10,14H,7-9H2,1H3,(H,13,15);1H. The first-order valence-corrected chi connectivity index (χ1v) is 5.43. The average Bonchev–Trinajstić information content (AvgIpc) is 2.31. The van der Waals surface area contributed by atoms with Gasteiger partial charge in [-0.3, -0.25) is 4.99 Å². The third kappa shape index (κ3) is 3.51. The number of hydrazine groups is 1. The summed E-state index contributed by atoms with van der Waals surface area (Å²) in [6.45, 7) is 3.99. The maximum Gasteiger partial charge on any atom is 0.114 e. The SMILES string of the molecule is CC(Cc1ccccc1)C1=NCCNN1.Cl. The molecule has 0 amide bonds. The lowest BCUT2D eigenvalue weighted by molar-refractivity contribution is 0.582. The van der Waals surface area contributed by atoms with Gasteiger partial charge in [0.05, 0.1) is 6.54 Å². The highest BCUT2D eigenvalue weighted by atomic mass is 35.5. The second kappa shape index (κ2) is 6.51. The van der Waals surface area contributed by atoms with E-state index in [1.165, 1.54) is 5.56 Å². The van der Waals surface area contributed by atoms with Crippen molar-refractivity contribution in [3.63, 3.8) is 0 Å². The van der Waals surface area contributed by atoms with Gasteiger partial charge < -0.3 is 5.43 Å². The lowest BCUT2D eigenvalue weighted by Crippen LogP contribution is -2.46. The van der Waals surface area contributed by atoms with E-state index in [0.717, 1.165) is 25.3 Å². The van der Waals surface area contributed by atoms with Crippen molar-refractivity contribution >= 4 is 18.2 Å². The highest BCUT2D eigenvalue weighted by molar-refractivity contribution is 5.85. The number of hydrogen-bond acceptors (Lipinski definition) is 3. The maximum atomic E-state index is 4.47. The van der Waals surface area contributed by atoms with Gasteiger partial charge >= 0.3 is 0 Å². The molecular formula is C12H18ClN3. The molecule has 1 atom stereocenters. The molecule has 1 aromatic carbocycles. The minimum atomic E-state index is 0. The van der Waals surface area contributed by atoms with Crippen LogP contribution in [0.3, 0.4) is 0 Å². The molecule has 0 aromatic heterocycles. The number of rotatable bonds is 3. The van der Waals surface area contributed by atoms with E-state index in [-0.39, 0.29) is 12.4 Å². The van der Waals surface area contributed by atoms with Crippen molar-refractivity contribution in [2.45, 2.75) is 13.3 Å². The van der Waals surface area contributed by atoms with Gasteiger partial charge in [-0.05, 0) is 12.0 Å². The molecule has 0 aliphatic carbocycles. The van der Waals surface area contributed by atoms with E-state index in [1.54, 1.807) is 0 Å². The Morgan fingerprint density at radius 2 is 2.06 bits per heavy atom. The first-order chi connectivity index (χ1) is 7.36. The van der Waals surface area contributed by atoms with Gasteiger partial charge in [0.25, 0.3) is 0 Å². The van der Waals surface area contributed by atoms with Crippen molar-refractivity contribution in [1.29, 1.82) is 0 Å². The first kappa shape index (κ1) is 13.0. The third-order valence-corrected chi connectivity index (χ3v) is 2.59. The highest BCUT2D eigenvalue weighted by Gasteiger charge is 2.12. The van der Waals surface area contributed by atoms with Crippen molar-refractivity contribution < 1.29 is 0 Å². The Hall–Kier alpha value is -1.06. The number of amidine groups is 1. The summed E-state index contributed by atoms with van der Waals surface area (Å²) in [5.74, 6) is 1.52. The van der Waals surface area contributed by atoms with Crippen LogP contribution in [0.5, 0.6) is 0 Å². The van der Waals surface area contributed by atoms with Gasteiger partial charge in [-0.2, -0.15) is 0 Å². The summed E-state index contributed by atoms with van der Waals surface area (Å²) in [6.07, 6.45) is 1.04. The number of halogens is 1. The van der Waals surface area contributed by atoms with E-state index in [4.69, 9.17) is 0 Å². The van der Waals surface area contributed by atoms with Crippen molar-refractivity contribution in [3.8, 4) is 0 Å². The fraction of sp³-hybridized carbons (Fsp3) is 0.417. The van der Waals surface area contributed by atoms with Crippen molar-refractivity contribution in [2.75, 3.05) is 13.1 Å². The van der Waals surface area contributed by atoms with Crippen molar-refractivity contribution in [3.05, 3.63) is 35.9 Å². The molecule has 0 spiro atoms. The van der Waals surface area contributed by atoms with Gasteiger partial charge in [0, 0.05) is 12.5 Å². The molecule has 1 unspecified atom stereocenters. The minimum Gasteiger partial charge on any atom is -0.309 e. The summed E-state index contributed by atoms with van der Waals surface area (Å²) in [5, 5.41) is 0. The third-order valence-electron chi connectivity index (χ3n) is 2.59. The molecule has 2 rings (SSSR count). The van der Waals surface area contributed by atoms with Crippen LogP contribution in [-0.4, -0.2) is 18.9 Å². The molecule has 0 saturated heterocycles. The predicted molar refractivity (Wildman–Crippen MR) is 70.0 cm³/mol. The topological polar surface area (TPSA) is 36.4 Å². The quantitative estimate of drug-likeness (QED) is 0.844. The van der Waals surface area contributed by atoms with Gasteiger partial charge in [-0.1, -0.05) is 37.3 Å². The number of benzene rings is 1. The largest absolute Gasteiger partial charge is 0.309 e. The second-order valence-electron chi connectivity index (χ2n) is 3.91. The van der Waals surface area contributed by atoms with Gasteiger partial charge in [0.1, 0.15) is 5.84 Å². The zero-order chi connectivity index (χ0) is 10.5. The molecule has 1 aliphatic heterocycles. The molecule has 0 radical (unpaired) electrons. The summed E-state index contributed by atoms with van der Waals surface area (Å²) >= 11 is 0. The molecule has 1 aliphatic rings. The van der Waals surface area contributed by atoms with E-state index in [1.807, 2.05) is 6.07 Å². The number of nitrogens with one attached hydrogen (secondary N) is 2. The van der Waals surface area contributed by atoms with E-state index in [0.29, 0.717) is 5.92 Å². The molecule has 1 heterocycles. The second-order valence-corrected chi connectivity index (χ2v) is 3.91. The Morgan fingerprint density at radius 1 is 1.31 bits per heavy atom. The summed E-state index contributed by atoms with van der Waals surface area (Å²) in [6, 6.07) is 10.5. The smallest absolute Gasteiger partial charge is 0.114 e. The van der Waals surface area contributed by atoms with Crippen molar-refractivity contribution in [1.82, 2.24) is 10.9 Å². The van der Waals surface area contributed by atoms with Crippen LogP contribution in [0.4, 0.5) is 0 Å². The summed E-state index contributed by atoms with van der Waals surface area (Å²) in [5.41, 5.74) is 7.62. The van der Waals surface area contributed by atoms with Crippen LogP contribution in [-0.2, 0) is 6.42 Å².